The molecular weight excluding hydrogens is 328 g/mol. The molecule has 0 radical (unpaired) electrons. The Balaban J connectivity index is 2.66. The predicted molar refractivity (Wildman–Crippen MR) is 69.1 cm³/mol. The highest BCUT2D eigenvalue weighted by Gasteiger charge is 2.42. The SMILES string of the molecule is O=S1(=O)CCCS(=O)(=O)C1c1ccccc1Br. The Morgan fingerprint density at radius 2 is 1.53 bits per heavy atom. The van der Waals surface area contributed by atoms with Crippen LogP contribution in [0.4, 0.5) is 0 Å². The van der Waals surface area contributed by atoms with Gasteiger partial charge in [-0.15, -0.1) is 0 Å². The molecule has 4 nitrogen and oxygen atoms in total. The number of halogens is 1. The fraction of sp³-hybridized carbons (Fsp3) is 0.400. The van der Waals surface area contributed by atoms with Crippen molar-refractivity contribution in [3.8, 4) is 0 Å². The summed E-state index contributed by atoms with van der Waals surface area (Å²) in [5, 5.41) is 0. The first kappa shape index (κ1) is 13.0. The lowest BCUT2D eigenvalue weighted by Crippen LogP contribution is -2.32. The molecule has 1 aromatic rings. The lowest BCUT2D eigenvalue weighted by molar-refractivity contribution is 0.567. The molecule has 1 aliphatic heterocycles. The molecule has 0 saturated carbocycles. The van der Waals surface area contributed by atoms with E-state index in [9.17, 15) is 16.8 Å². The summed E-state index contributed by atoms with van der Waals surface area (Å²) in [7, 11) is -7.25. The van der Waals surface area contributed by atoms with Crippen LogP contribution in [0, 0.1) is 0 Å². The summed E-state index contributed by atoms with van der Waals surface area (Å²) in [5.41, 5.74) is 0.312. The number of rotatable bonds is 1. The maximum Gasteiger partial charge on any atom is 0.188 e. The van der Waals surface area contributed by atoms with Crippen LogP contribution in [0.15, 0.2) is 28.7 Å². The van der Waals surface area contributed by atoms with Crippen molar-refractivity contribution in [1.82, 2.24) is 0 Å². The average Bonchev–Trinajstić information content (AvgIpc) is 2.18. The Morgan fingerprint density at radius 3 is 2.06 bits per heavy atom. The zero-order valence-electron chi connectivity index (χ0n) is 8.84. The van der Waals surface area contributed by atoms with E-state index in [4.69, 9.17) is 0 Å². The van der Waals surface area contributed by atoms with E-state index in [1.54, 1.807) is 18.2 Å². The molecule has 1 aromatic carbocycles. The van der Waals surface area contributed by atoms with Crippen molar-refractivity contribution in [3.63, 3.8) is 0 Å². The Hall–Kier alpha value is -0.400. The second kappa shape index (κ2) is 4.37. The summed E-state index contributed by atoms with van der Waals surface area (Å²) in [6, 6.07) is 6.54. The lowest BCUT2D eigenvalue weighted by atomic mass is 10.2. The smallest absolute Gasteiger partial charge is 0.188 e. The Labute approximate surface area is 109 Å². The number of sulfone groups is 2. The van der Waals surface area contributed by atoms with Gasteiger partial charge in [0.25, 0.3) is 0 Å². The lowest BCUT2D eigenvalue weighted by Gasteiger charge is -2.23. The molecule has 0 atom stereocenters. The van der Waals surface area contributed by atoms with Crippen molar-refractivity contribution in [1.29, 1.82) is 0 Å². The van der Waals surface area contributed by atoms with E-state index in [0.29, 0.717) is 10.0 Å². The molecule has 0 aromatic heterocycles. The van der Waals surface area contributed by atoms with Gasteiger partial charge in [0.1, 0.15) is 0 Å². The highest BCUT2D eigenvalue weighted by atomic mass is 79.9. The van der Waals surface area contributed by atoms with E-state index in [2.05, 4.69) is 15.9 Å². The molecule has 0 bridgehead atoms. The van der Waals surface area contributed by atoms with Crippen LogP contribution >= 0.6 is 15.9 Å². The maximum absolute atomic E-state index is 12.0. The van der Waals surface area contributed by atoms with E-state index in [1.165, 1.54) is 6.07 Å². The highest BCUT2D eigenvalue weighted by Crippen LogP contribution is 2.37. The van der Waals surface area contributed by atoms with Gasteiger partial charge in [-0.2, -0.15) is 0 Å². The zero-order valence-corrected chi connectivity index (χ0v) is 12.1. The molecule has 0 aliphatic carbocycles. The second-order valence-electron chi connectivity index (χ2n) is 3.94. The monoisotopic (exact) mass is 338 g/mol. The van der Waals surface area contributed by atoms with E-state index in [0.717, 1.165) is 0 Å². The standard InChI is InChI=1S/C10H11BrO4S2/c11-9-5-2-1-4-8(9)10-16(12,13)6-3-7-17(10,14)15/h1-2,4-5,10H,3,6-7H2. The second-order valence-corrected chi connectivity index (χ2v) is 9.50. The van der Waals surface area contributed by atoms with Gasteiger partial charge in [-0.25, -0.2) is 16.8 Å². The van der Waals surface area contributed by atoms with Gasteiger partial charge in [-0.05, 0) is 18.1 Å². The quantitative estimate of drug-likeness (QED) is 0.781. The summed E-state index contributed by atoms with van der Waals surface area (Å²) in [6.07, 6.45) is 0.186. The minimum absolute atomic E-state index is 0.0712. The summed E-state index contributed by atoms with van der Waals surface area (Å²) >= 11 is 3.21. The normalized spacial score (nSPS) is 23.4. The van der Waals surface area contributed by atoms with Crippen molar-refractivity contribution in [2.24, 2.45) is 0 Å². The number of hydrogen-bond donors (Lipinski definition) is 0. The van der Waals surface area contributed by atoms with Gasteiger partial charge in [-0.1, -0.05) is 34.1 Å². The van der Waals surface area contributed by atoms with E-state index < -0.39 is 24.3 Å². The Morgan fingerprint density at radius 1 is 1.00 bits per heavy atom. The van der Waals surface area contributed by atoms with Crippen molar-refractivity contribution in [3.05, 3.63) is 34.3 Å². The third-order valence-corrected chi connectivity index (χ3v) is 8.68. The fourth-order valence-corrected chi connectivity index (χ4v) is 8.02. The van der Waals surface area contributed by atoms with Gasteiger partial charge in [0, 0.05) is 4.47 Å². The van der Waals surface area contributed by atoms with E-state index in [-0.39, 0.29) is 17.9 Å². The topological polar surface area (TPSA) is 68.3 Å². The molecular formula is C10H11BrO4S2. The van der Waals surface area contributed by atoms with E-state index in [1.807, 2.05) is 0 Å². The van der Waals surface area contributed by atoms with Crippen LogP contribution in [0.1, 0.15) is 16.6 Å². The molecule has 0 N–H and O–H groups in total. The summed E-state index contributed by atoms with van der Waals surface area (Å²) in [4.78, 5) is 0. The molecule has 17 heavy (non-hydrogen) atoms. The third kappa shape index (κ3) is 2.41. The molecule has 2 rings (SSSR count). The molecule has 1 heterocycles. The third-order valence-electron chi connectivity index (χ3n) is 2.67. The van der Waals surface area contributed by atoms with Crippen LogP contribution in [0.2, 0.25) is 0 Å². The van der Waals surface area contributed by atoms with Gasteiger partial charge in [0.05, 0.1) is 11.5 Å². The largest absolute Gasteiger partial charge is 0.227 e. The minimum Gasteiger partial charge on any atom is -0.227 e. The summed E-state index contributed by atoms with van der Waals surface area (Å²) in [5.74, 6) is -0.142. The molecule has 0 unspecified atom stereocenters. The molecule has 7 heteroatoms. The van der Waals surface area contributed by atoms with Crippen LogP contribution in [-0.2, 0) is 19.7 Å². The number of hydrogen-bond acceptors (Lipinski definition) is 4. The molecule has 1 aliphatic rings. The predicted octanol–water partition coefficient (Wildman–Crippen LogP) is 1.68. The van der Waals surface area contributed by atoms with Gasteiger partial charge < -0.3 is 0 Å². The summed E-state index contributed by atoms with van der Waals surface area (Å²) in [6.45, 7) is 0. The minimum atomic E-state index is -3.62. The highest BCUT2D eigenvalue weighted by molar-refractivity contribution is 9.10. The Bertz CT molecular complexity index is 600. The van der Waals surface area contributed by atoms with Crippen LogP contribution < -0.4 is 0 Å². The van der Waals surface area contributed by atoms with Crippen molar-refractivity contribution in [2.45, 2.75) is 11.0 Å². The van der Waals surface area contributed by atoms with E-state index >= 15 is 0 Å². The first-order chi connectivity index (χ1) is 7.84. The average molecular weight is 339 g/mol. The summed E-state index contributed by atoms with van der Waals surface area (Å²) < 4.78 is 46.9. The Kier molecular flexibility index (Phi) is 3.35. The maximum atomic E-state index is 12.0. The molecule has 1 saturated heterocycles. The van der Waals surface area contributed by atoms with Crippen LogP contribution in [-0.4, -0.2) is 28.3 Å². The van der Waals surface area contributed by atoms with Crippen molar-refractivity contribution < 1.29 is 16.8 Å². The van der Waals surface area contributed by atoms with Crippen molar-refractivity contribution in [2.75, 3.05) is 11.5 Å². The van der Waals surface area contributed by atoms with Gasteiger partial charge >= 0.3 is 0 Å². The fourth-order valence-electron chi connectivity index (χ4n) is 1.95. The van der Waals surface area contributed by atoms with Crippen LogP contribution in [0.25, 0.3) is 0 Å². The first-order valence-corrected chi connectivity index (χ1v) is 9.24. The molecule has 1 fully saturated rings. The first-order valence-electron chi connectivity index (χ1n) is 5.02. The molecule has 0 amide bonds. The van der Waals surface area contributed by atoms with Gasteiger partial charge in [0.2, 0.25) is 0 Å². The van der Waals surface area contributed by atoms with Gasteiger partial charge in [-0.3, -0.25) is 0 Å². The van der Waals surface area contributed by atoms with Crippen LogP contribution in [0.5, 0.6) is 0 Å². The zero-order chi connectivity index (χ0) is 12.7. The van der Waals surface area contributed by atoms with Gasteiger partial charge in [0.15, 0.2) is 24.3 Å². The van der Waals surface area contributed by atoms with Crippen molar-refractivity contribution >= 4 is 35.6 Å². The molecule has 0 spiro atoms. The number of benzene rings is 1. The van der Waals surface area contributed by atoms with Crippen LogP contribution in [0.3, 0.4) is 0 Å². The molecule has 94 valence electrons.